The molecule has 0 aliphatic heterocycles. The molecular weight excluding hydrogens is 671 g/mol. The number of benzene rings is 9. The molecule has 0 unspecified atom stereocenters. The third-order valence-corrected chi connectivity index (χ3v) is 10.9. The van der Waals surface area contributed by atoms with Crippen molar-refractivity contribution in [3.8, 4) is 33.4 Å². The second-order valence-corrected chi connectivity index (χ2v) is 14.1. The van der Waals surface area contributed by atoms with Crippen molar-refractivity contribution in [2.75, 3.05) is 4.90 Å². The molecule has 0 bridgehead atoms. The number of hydrogen-bond acceptors (Lipinski definition) is 3. The SMILES string of the molecule is c1cc(-c2ccc(N(c3ccc4oc5ccccc5c4c3)c3ccccc3-c3ccc4oc5ccccc5c4c3)cc2)cc(-c2ccc3ccccc3c2)c1. The summed E-state index contributed by atoms with van der Waals surface area (Å²) in [7, 11) is 0. The number of anilines is 3. The highest BCUT2D eigenvalue weighted by atomic mass is 16.3. The fraction of sp³-hybridized carbons (Fsp3) is 0. The highest BCUT2D eigenvalue weighted by Gasteiger charge is 2.20. The van der Waals surface area contributed by atoms with E-state index in [0.29, 0.717) is 0 Å². The van der Waals surface area contributed by atoms with Gasteiger partial charge in [-0.25, -0.2) is 0 Å². The predicted molar refractivity (Wildman–Crippen MR) is 229 cm³/mol. The van der Waals surface area contributed by atoms with Crippen LogP contribution in [0.2, 0.25) is 0 Å². The number of hydrogen-bond donors (Lipinski definition) is 0. The number of furan rings is 2. The molecule has 3 nitrogen and oxygen atoms in total. The predicted octanol–water partition coefficient (Wildman–Crippen LogP) is 15.1. The van der Waals surface area contributed by atoms with Gasteiger partial charge in [-0.1, -0.05) is 127 Å². The molecule has 0 saturated heterocycles. The minimum atomic E-state index is 0.872. The Morgan fingerprint density at radius 1 is 0.291 bits per heavy atom. The molecule has 0 fully saturated rings. The molecule has 11 rings (SSSR count). The van der Waals surface area contributed by atoms with E-state index in [1.807, 2.05) is 24.3 Å². The van der Waals surface area contributed by atoms with E-state index in [2.05, 4.69) is 181 Å². The smallest absolute Gasteiger partial charge is 0.135 e. The zero-order chi connectivity index (χ0) is 36.3. The summed E-state index contributed by atoms with van der Waals surface area (Å²) in [6.07, 6.45) is 0. The summed E-state index contributed by atoms with van der Waals surface area (Å²) >= 11 is 0. The summed E-state index contributed by atoms with van der Waals surface area (Å²) < 4.78 is 12.5. The second kappa shape index (κ2) is 12.6. The molecule has 0 radical (unpaired) electrons. The zero-order valence-electron chi connectivity index (χ0n) is 29.8. The van der Waals surface area contributed by atoms with Gasteiger partial charge in [-0.15, -0.1) is 0 Å². The summed E-state index contributed by atoms with van der Waals surface area (Å²) in [4.78, 5) is 2.36. The Morgan fingerprint density at radius 2 is 0.836 bits per heavy atom. The van der Waals surface area contributed by atoms with Gasteiger partial charge >= 0.3 is 0 Å². The molecule has 258 valence electrons. The summed E-state index contributed by atoms with van der Waals surface area (Å²) in [5.41, 5.74) is 13.7. The van der Waals surface area contributed by atoms with Gasteiger partial charge in [0.2, 0.25) is 0 Å². The van der Waals surface area contributed by atoms with Gasteiger partial charge in [0.05, 0.1) is 5.69 Å². The van der Waals surface area contributed by atoms with Crippen LogP contribution in [0.4, 0.5) is 17.1 Å². The van der Waals surface area contributed by atoms with E-state index in [-0.39, 0.29) is 0 Å². The van der Waals surface area contributed by atoms with Crippen LogP contribution < -0.4 is 4.90 Å². The standard InChI is InChI=1S/C52H33NO2/c1-2-11-36-31-39(21-20-34(36)10-1)38-13-9-12-37(30-38)35-22-25-41(26-23-35)53(42-27-29-52-47(33-42)45-16-5-8-19-50(45)55-52)48-17-6-3-14-43(48)40-24-28-51-46(32-40)44-15-4-7-18-49(44)54-51/h1-33H. The molecule has 0 N–H and O–H groups in total. The Morgan fingerprint density at radius 3 is 1.62 bits per heavy atom. The Bertz CT molecular complexity index is 3220. The van der Waals surface area contributed by atoms with Crippen molar-refractivity contribution < 1.29 is 8.83 Å². The van der Waals surface area contributed by atoms with E-state index in [1.165, 1.54) is 27.5 Å². The molecule has 11 aromatic rings. The van der Waals surface area contributed by atoms with E-state index >= 15 is 0 Å². The van der Waals surface area contributed by atoms with E-state index in [4.69, 9.17) is 8.83 Å². The molecule has 0 aliphatic rings. The monoisotopic (exact) mass is 703 g/mol. The van der Waals surface area contributed by atoms with Gasteiger partial charge in [0.15, 0.2) is 0 Å². The lowest BCUT2D eigenvalue weighted by molar-refractivity contribution is 0.668. The van der Waals surface area contributed by atoms with Crippen LogP contribution in [0.5, 0.6) is 0 Å². The topological polar surface area (TPSA) is 29.5 Å². The summed E-state index contributed by atoms with van der Waals surface area (Å²) in [5, 5.41) is 6.91. The zero-order valence-corrected chi connectivity index (χ0v) is 29.8. The summed E-state index contributed by atoms with van der Waals surface area (Å²) in [5.74, 6) is 0. The maximum Gasteiger partial charge on any atom is 0.135 e. The van der Waals surface area contributed by atoms with Gasteiger partial charge in [0.25, 0.3) is 0 Å². The molecule has 0 saturated carbocycles. The largest absolute Gasteiger partial charge is 0.456 e. The maximum atomic E-state index is 6.26. The van der Waals surface area contributed by atoms with Crippen molar-refractivity contribution in [3.05, 3.63) is 200 Å². The highest BCUT2D eigenvalue weighted by molar-refractivity contribution is 6.08. The molecule has 0 amide bonds. The first-order valence-corrected chi connectivity index (χ1v) is 18.7. The van der Waals surface area contributed by atoms with Gasteiger partial charge in [-0.2, -0.15) is 0 Å². The molecule has 0 atom stereocenters. The number of rotatable bonds is 6. The lowest BCUT2D eigenvalue weighted by Gasteiger charge is -2.28. The number of nitrogens with zero attached hydrogens (tertiary/aromatic N) is 1. The Balaban J connectivity index is 1.04. The van der Waals surface area contributed by atoms with E-state index < -0.39 is 0 Å². The minimum Gasteiger partial charge on any atom is -0.456 e. The van der Waals surface area contributed by atoms with Gasteiger partial charge in [0, 0.05) is 38.5 Å². The molecule has 3 heteroatoms. The maximum absolute atomic E-state index is 6.26. The normalized spacial score (nSPS) is 11.6. The average molecular weight is 704 g/mol. The lowest BCUT2D eigenvalue weighted by atomic mass is 9.97. The van der Waals surface area contributed by atoms with Crippen LogP contribution in [0.15, 0.2) is 209 Å². The van der Waals surface area contributed by atoms with E-state index in [1.54, 1.807) is 0 Å². The van der Waals surface area contributed by atoms with Gasteiger partial charge in [0.1, 0.15) is 22.3 Å². The van der Waals surface area contributed by atoms with E-state index in [0.717, 1.165) is 77.6 Å². The molecule has 55 heavy (non-hydrogen) atoms. The van der Waals surface area contributed by atoms with Crippen molar-refractivity contribution in [1.82, 2.24) is 0 Å². The Labute approximate surface area is 317 Å². The first-order chi connectivity index (χ1) is 27.2. The molecule has 0 aliphatic carbocycles. The Kier molecular flexibility index (Phi) is 7.17. The van der Waals surface area contributed by atoms with Crippen LogP contribution >= 0.6 is 0 Å². The van der Waals surface area contributed by atoms with Crippen LogP contribution in [0, 0.1) is 0 Å². The van der Waals surface area contributed by atoms with Crippen molar-refractivity contribution in [2.45, 2.75) is 0 Å². The Hall–Kier alpha value is -7.36. The van der Waals surface area contributed by atoms with Crippen molar-refractivity contribution in [3.63, 3.8) is 0 Å². The molecule has 2 heterocycles. The molecule has 2 aromatic heterocycles. The first kappa shape index (κ1) is 31.2. The van der Waals surface area contributed by atoms with Gasteiger partial charge in [-0.3, -0.25) is 0 Å². The van der Waals surface area contributed by atoms with Crippen molar-refractivity contribution in [1.29, 1.82) is 0 Å². The quantitative estimate of drug-likeness (QED) is 0.173. The molecular formula is C52H33NO2. The first-order valence-electron chi connectivity index (χ1n) is 18.7. The van der Waals surface area contributed by atoms with Crippen LogP contribution in [0.1, 0.15) is 0 Å². The fourth-order valence-corrected chi connectivity index (χ4v) is 8.14. The van der Waals surface area contributed by atoms with Crippen LogP contribution in [-0.2, 0) is 0 Å². The number of fused-ring (bicyclic) bond motifs is 7. The average Bonchev–Trinajstić information content (AvgIpc) is 3.82. The fourth-order valence-electron chi connectivity index (χ4n) is 8.14. The minimum absolute atomic E-state index is 0.872. The van der Waals surface area contributed by atoms with Crippen LogP contribution in [-0.4, -0.2) is 0 Å². The van der Waals surface area contributed by atoms with Gasteiger partial charge in [-0.05, 0) is 111 Å². The van der Waals surface area contributed by atoms with Crippen molar-refractivity contribution in [2.24, 2.45) is 0 Å². The summed E-state index contributed by atoms with van der Waals surface area (Å²) in [6.45, 7) is 0. The third-order valence-electron chi connectivity index (χ3n) is 10.9. The second-order valence-electron chi connectivity index (χ2n) is 14.1. The van der Waals surface area contributed by atoms with Crippen LogP contribution in [0.3, 0.4) is 0 Å². The molecule has 9 aromatic carbocycles. The van der Waals surface area contributed by atoms with Crippen LogP contribution in [0.25, 0.3) is 88.0 Å². The number of para-hydroxylation sites is 3. The molecule has 0 spiro atoms. The highest BCUT2D eigenvalue weighted by Crippen LogP contribution is 2.44. The third kappa shape index (κ3) is 5.36. The van der Waals surface area contributed by atoms with Gasteiger partial charge < -0.3 is 13.7 Å². The lowest BCUT2D eigenvalue weighted by Crippen LogP contribution is -2.11. The summed E-state index contributed by atoms with van der Waals surface area (Å²) in [6, 6.07) is 71.2. The van der Waals surface area contributed by atoms with Crippen molar-refractivity contribution >= 4 is 71.7 Å². The van der Waals surface area contributed by atoms with E-state index in [9.17, 15) is 0 Å².